The smallest absolute Gasteiger partial charge is 0.140 e. The first-order valence-electron chi connectivity index (χ1n) is 20.4. The average Bonchev–Trinajstić information content (AvgIpc) is 3.95. The van der Waals surface area contributed by atoms with E-state index in [2.05, 4.69) is 119 Å². The van der Waals surface area contributed by atoms with Crippen molar-refractivity contribution >= 4 is 87.5 Å². The van der Waals surface area contributed by atoms with Gasteiger partial charge in [0.15, 0.2) is 0 Å². The van der Waals surface area contributed by atoms with E-state index in [9.17, 15) is 0 Å². The molecular weight excluding hydrogens is 661 g/mol. The van der Waals surface area contributed by atoms with E-state index in [0.29, 0.717) is 11.8 Å². The molecule has 0 saturated heterocycles. The van der Waals surface area contributed by atoms with Gasteiger partial charge >= 0.3 is 0 Å². The Hall–Kier alpha value is -5.48. The third kappa shape index (κ3) is 4.49. The molecular formula is C50H44N2O2. The van der Waals surface area contributed by atoms with Crippen molar-refractivity contribution in [3.05, 3.63) is 120 Å². The molecule has 266 valence electrons. The van der Waals surface area contributed by atoms with Crippen LogP contribution >= 0.6 is 0 Å². The van der Waals surface area contributed by atoms with Gasteiger partial charge in [-0.1, -0.05) is 93.1 Å². The number of aryl methyl sites for hydroxylation is 1. The van der Waals surface area contributed by atoms with Gasteiger partial charge in [0, 0.05) is 72.3 Å². The zero-order chi connectivity index (χ0) is 35.5. The highest BCUT2D eigenvalue weighted by Gasteiger charge is 2.24. The number of aromatic nitrogens is 2. The van der Waals surface area contributed by atoms with Crippen molar-refractivity contribution in [1.82, 2.24) is 9.13 Å². The predicted molar refractivity (Wildman–Crippen MR) is 225 cm³/mol. The lowest BCUT2D eigenvalue weighted by atomic mass is 9.82. The van der Waals surface area contributed by atoms with Crippen molar-refractivity contribution in [2.75, 3.05) is 0 Å². The number of rotatable bonds is 4. The van der Waals surface area contributed by atoms with Crippen molar-refractivity contribution < 1.29 is 8.83 Å². The summed E-state index contributed by atoms with van der Waals surface area (Å²) in [6.07, 6.45) is 13.2. The Balaban J connectivity index is 1.05. The van der Waals surface area contributed by atoms with Gasteiger partial charge in [0.2, 0.25) is 0 Å². The van der Waals surface area contributed by atoms with Gasteiger partial charge < -0.3 is 18.0 Å². The Bertz CT molecular complexity index is 3120. The Morgan fingerprint density at radius 3 is 2.07 bits per heavy atom. The molecule has 0 spiro atoms. The van der Waals surface area contributed by atoms with E-state index in [-0.39, 0.29) is 0 Å². The minimum atomic E-state index is 0.636. The molecule has 0 aliphatic heterocycles. The second-order valence-corrected chi connectivity index (χ2v) is 16.6. The van der Waals surface area contributed by atoms with Gasteiger partial charge in [-0.15, -0.1) is 0 Å². The van der Waals surface area contributed by atoms with Crippen LogP contribution in [0.2, 0.25) is 0 Å². The molecule has 6 aromatic carbocycles. The average molecular weight is 705 g/mol. The van der Waals surface area contributed by atoms with Crippen molar-refractivity contribution in [2.24, 2.45) is 7.05 Å². The normalized spacial score (nSPS) is 16.5. The lowest BCUT2D eigenvalue weighted by molar-refractivity contribution is 0.444. The zero-order valence-corrected chi connectivity index (χ0v) is 31.0. The maximum absolute atomic E-state index is 6.98. The van der Waals surface area contributed by atoms with Crippen LogP contribution in [0.3, 0.4) is 0 Å². The summed E-state index contributed by atoms with van der Waals surface area (Å²) in [4.78, 5) is 0. The Kier molecular flexibility index (Phi) is 6.73. The fraction of sp³-hybridized carbons (Fsp3) is 0.280. The second-order valence-electron chi connectivity index (χ2n) is 16.6. The number of para-hydroxylation sites is 2. The van der Waals surface area contributed by atoms with E-state index in [1.54, 1.807) is 0 Å². The Labute approximate surface area is 313 Å². The largest absolute Gasteiger partial charge is 0.456 e. The monoisotopic (exact) mass is 704 g/mol. The quantitative estimate of drug-likeness (QED) is 0.183. The van der Waals surface area contributed by atoms with Crippen LogP contribution in [0.15, 0.2) is 112 Å². The summed E-state index contributed by atoms with van der Waals surface area (Å²) >= 11 is 0. The SMILES string of the molecule is Cn1c2cc3c(cc2c2c(C4CCCCC4)cccc21)oc1c(Cn2c4ccc(C5CCCCC5)cc4c4cc5oc6ccccc6c5cc42)cccc13. The summed E-state index contributed by atoms with van der Waals surface area (Å²) in [5.41, 5.74) is 13.2. The first kappa shape index (κ1) is 30.9. The maximum atomic E-state index is 6.98. The zero-order valence-electron chi connectivity index (χ0n) is 31.0. The van der Waals surface area contributed by atoms with Crippen LogP contribution in [0.5, 0.6) is 0 Å². The highest BCUT2D eigenvalue weighted by molar-refractivity contribution is 6.19. The minimum absolute atomic E-state index is 0.636. The van der Waals surface area contributed by atoms with E-state index in [4.69, 9.17) is 8.83 Å². The van der Waals surface area contributed by atoms with Gasteiger partial charge in [-0.05, 0) is 97.2 Å². The maximum Gasteiger partial charge on any atom is 0.140 e. The summed E-state index contributed by atoms with van der Waals surface area (Å²) in [6, 6.07) is 38.8. The number of benzene rings is 6. The molecule has 4 nitrogen and oxygen atoms in total. The van der Waals surface area contributed by atoms with Gasteiger partial charge in [-0.2, -0.15) is 0 Å². The number of fused-ring (bicyclic) bond motifs is 12. The highest BCUT2D eigenvalue weighted by atomic mass is 16.3. The molecule has 2 fully saturated rings. The first-order valence-corrected chi connectivity index (χ1v) is 20.4. The van der Waals surface area contributed by atoms with E-state index >= 15 is 0 Å². The molecule has 4 heterocycles. The lowest BCUT2D eigenvalue weighted by Crippen LogP contribution is -2.04. The number of furan rings is 2. The van der Waals surface area contributed by atoms with Crippen LogP contribution in [0.1, 0.15) is 92.7 Å². The third-order valence-corrected chi connectivity index (χ3v) is 13.6. The number of hydrogen-bond acceptors (Lipinski definition) is 2. The summed E-state index contributed by atoms with van der Waals surface area (Å²) in [5.74, 6) is 1.28. The van der Waals surface area contributed by atoms with E-state index in [0.717, 1.165) is 28.9 Å². The molecule has 0 bridgehead atoms. The van der Waals surface area contributed by atoms with Crippen LogP contribution in [-0.4, -0.2) is 9.13 Å². The van der Waals surface area contributed by atoms with Crippen LogP contribution in [0.4, 0.5) is 0 Å². The van der Waals surface area contributed by atoms with Crippen LogP contribution in [-0.2, 0) is 13.6 Å². The number of nitrogens with zero attached hydrogens (tertiary/aromatic N) is 2. The van der Waals surface area contributed by atoms with Gasteiger partial charge in [0.25, 0.3) is 0 Å². The predicted octanol–water partition coefficient (Wildman–Crippen LogP) is 14.4. The molecule has 4 aromatic heterocycles. The fourth-order valence-corrected chi connectivity index (χ4v) is 10.9. The molecule has 10 aromatic rings. The van der Waals surface area contributed by atoms with Crippen molar-refractivity contribution in [3.8, 4) is 0 Å². The molecule has 0 N–H and O–H groups in total. The summed E-state index contributed by atoms with van der Waals surface area (Å²) in [6.45, 7) is 0.718. The molecule has 0 radical (unpaired) electrons. The molecule has 54 heavy (non-hydrogen) atoms. The minimum Gasteiger partial charge on any atom is -0.456 e. The van der Waals surface area contributed by atoms with Gasteiger partial charge in [0.05, 0.1) is 12.1 Å². The van der Waals surface area contributed by atoms with E-state index in [1.165, 1.54) is 146 Å². The topological polar surface area (TPSA) is 36.1 Å². The van der Waals surface area contributed by atoms with E-state index < -0.39 is 0 Å². The third-order valence-electron chi connectivity index (χ3n) is 13.6. The number of hydrogen-bond donors (Lipinski definition) is 0. The molecule has 0 amide bonds. The van der Waals surface area contributed by atoms with Gasteiger partial charge in [-0.25, -0.2) is 0 Å². The molecule has 2 aliphatic carbocycles. The van der Waals surface area contributed by atoms with Crippen molar-refractivity contribution in [2.45, 2.75) is 82.6 Å². The van der Waals surface area contributed by atoms with Crippen LogP contribution in [0.25, 0.3) is 87.5 Å². The fourth-order valence-electron chi connectivity index (χ4n) is 10.9. The second kappa shape index (κ2) is 11.8. The van der Waals surface area contributed by atoms with Gasteiger partial charge in [-0.3, -0.25) is 0 Å². The summed E-state index contributed by atoms with van der Waals surface area (Å²) in [5, 5.41) is 10.0. The van der Waals surface area contributed by atoms with Crippen molar-refractivity contribution in [1.29, 1.82) is 0 Å². The lowest BCUT2D eigenvalue weighted by Gasteiger charge is -2.23. The summed E-state index contributed by atoms with van der Waals surface area (Å²) in [7, 11) is 2.23. The molecule has 0 atom stereocenters. The summed E-state index contributed by atoms with van der Waals surface area (Å²) < 4.78 is 18.4. The van der Waals surface area contributed by atoms with Crippen LogP contribution in [0, 0.1) is 0 Å². The Morgan fingerprint density at radius 2 is 1.20 bits per heavy atom. The van der Waals surface area contributed by atoms with Gasteiger partial charge in [0.1, 0.15) is 22.3 Å². The molecule has 4 heteroatoms. The highest BCUT2D eigenvalue weighted by Crippen LogP contribution is 2.44. The van der Waals surface area contributed by atoms with E-state index in [1.807, 2.05) is 0 Å². The molecule has 2 aliphatic rings. The van der Waals surface area contributed by atoms with Crippen molar-refractivity contribution in [3.63, 3.8) is 0 Å². The molecule has 0 unspecified atom stereocenters. The standard InChI is InChI=1S/C50H44N2O2/c1-51-43-20-11-18-34(31-14-6-3-7-15-31)49(43)41-28-48-40(25-44(41)51)36-19-10-16-33(50(36)54-48)29-52-42-23-22-32(30-12-4-2-5-13-30)24-37(42)38-27-47-39(26-45(38)52)35-17-8-9-21-46(35)53-47/h8-11,16-28,30-31H,2-7,12-15,29H2,1H3. The first-order chi connectivity index (χ1) is 26.7. The van der Waals surface area contributed by atoms with Crippen LogP contribution < -0.4 is 0 Å². The Morgan fingerprint density at radius 1 is 0.500 bits per heavy atom. The molecule has 2 saturated carbocycles. The molecule has 12 rings (SSSR count).